The van der Waals surface area contributed by atoms with E-state index in [1.807, 2.05) is 0 Å². The summed E-state index contributed by atoms with van der Waals surface area (Å²) in [6, 6.07) is 0. The maximum absolute atomic E-state index is 7.18. The van der Waals surface area contributed by atoms with Crippen LogP contribution in [0.25, 0.3) is 0 Å². The molecule has 0 aliphatic rings. The Morgan fingerprint density at radius 3 is 1.57 bits per heavy atom. The molecule has 0 fully saturated rings. The zero-order chi connectivity index (χ0) is 11.4. The lowest BCUT2D eigenvalue weighted by atomic mass is 10.2. The van der Waals surface area contributed by atoms with E-state index in [1.165, 1.54) is 48.7 Å². The molecule has 3 heteroatoms. The molecule has 0 aliphatic heterocycles. The second-order valence-electron chi connectivity index (χ2n) is 4.19. The van der Waals surface area contributed by atoms with Crippen molar-refractivity contribution in [1.82, 2.24) is 0 Å². The van der Waals surface area contributed by atoms with Crippen molar-refractivity contribution >= 4 is 12.6 Å². The standard InChI is InChI=1S/C10H24N.CHNS/c1-5-7-9-11(3,4)10-8-6-2;2-1-3/h5-10H2,1-4H3;3H/q+1;. The molecule has 0 rings (SSSR count). The predicted octanol–water partition coefficient (Wildman–Crippen LogP) is 3.06. The third kappa shape index (κ3) is 14.3. The smallest absolute Gasteiger partial charge is 0.130 e. The van der Waals surface area contributed by atoms with Gasteiger partial charge in [-0.05, 0) is 12.8 Å². The first-order chi connectivity index (χ1) is 6.54. The number of nitrogens with zero attached hydrogens (tertiary/aromatic N) is 2. The summed E-state index contributed by atoms with van der Waals surface area (Å²) in [7, 11) is 4.68. The highest BCUT2D eigenvalue weighted by Gasteiger charge is 2.11. The van der Waals surface area contributed by atoms with Crippen LogP contribution in [0.2, 0.25) is 0 Å². The van der Waals surface area contributed by atoms with E-state index in [0.717, 1.165) is 0 Å². The van der Waals surface area contributed by atoms with Crippen LogP contribution >= 0.6 is 12.6 Å². The van der Waals surface area contributed by atoms with Crippen LogP contribution in [0.4, 0.5) is 0 Å². The van der Waals surface area contributed by atoms with Crippen LogP contribution in [0, 0.1) is 10.7 Å². The van der Waals surface area contributed by atoms with Gasteiger partial charge >= 0.3 is 0 Å². The van der Waals surface area contributed by atoms with E-state index in [-0.39, 0.29) is 0 Å². The molecule has 0 amide bonds. The molecule has 0 atom stereocenters. The molecule has 0 heterocycles. The summed E-state index contributed by atoms with van der Waals surface area (Å²) in [6.07, 6.45) is 5.40. The van der Waals surface area contributed by atoms with Crippen molar-refractivity contribution in [2.24, 2.45) is 0 Å². The number of hydrogen-bond donors (Lipinski definition) is 1. The molecule has 2 nitrogen and oxygen atoms in total. The minimum Gasteiger partial charge on any atom is -0.328 e. The molecule has 0 aromatic heterocycles. The van der Waals surface area contributed by atoms with Gasteiger partial charge in [0, 0.05) is 0 Å². The fraction of sp³-hybridized carbons (Fsp3) is 0.909. The van der Waals surface area contributed by atoms with E-state index >= 15 is 0 Å². The average molecular weight is 217 g/mol. The van der Waals surface area contributed by atoms with Crippen molar-refractivity contribution in [2.75, 3.05) is 27.2 Å². The lowest BCUT2D eigenvalue weighted by molar-refractivity contribution is -0.890. The van der Waals surface area contributed by atoms with Gasteiger partial charge in [0.15, 0.2) is 0 Å². The predicted molar refractivity (Wildman–Crippen MR) is 66.3 cm³/mol. The van der Waals surface area contributed by atoms with Gasteiger partial charge in [0.25, 0.3) is 0 Å². The third-order valence-electron chi connectivity index (χ3n) is 2.23. The van der Waals surface area contributed by atoms with Gasteiger partial charge in [-0.2, -0.15) is 5.26 Å². The van der Waals surface area contributed by atoms with Gasteiger partial charge in [0.2, 0.25) is 0 Å². The van der Waals surface area contributed by atoms with Crippen LogP contribution < -0.4 is 0 Å². The first-order valence-corrected chi connectivity index (χ1v) is 5.84. The van der Waals surface area contributed by atoms with Crippen LogP contribution in [0.1, 0.15) is 39.5 Å². The summed E-state index contributed by atoms with van der Waals surface area (Å²) in [4.78, 5) is 0. The minimum absolute atomic E-state index is 1.21. The normalized spacial score (nSPS) is 10.0. The van der Waals surface area contributed by atoms with Gasteiger partial charge in [-0.1, -0.05) is 39.3 Å². The first-order valence-electron chi connectivity index (χ1n) is 5.39. The molecule has 0 aromatic rings. The summed E-state index contributed by atoms with van der Waals surface area (Å²) in [6.45, 7) is 7.21. The average Bonchev–Trinajstić information content (AvgIpc) is 2.13. The number of quaternary nitrogens is 1. The van der Waals surface area contributed by atoms with E-state index in [9.17, 15) is 0 Å². The van der Waals surface area contributed by atoms with Gasteiger partial charge in [-0.15, -0.1) is 0 Å². The number of nitriles is 1. The molecule has 0 N–H and O–H groups in total. The Balaban J connectivity index is 0. The number of rotatable bonds is 6. The molecule has 0 saturated carbocycles. The fourth-order valence-corrected chi connectivity index (χ4v) is 1.28. The molecular formula is C11H25N2S+. The van der Waals surface area contributed by atoms with Crippen LogP contribution in [0.3, 0.4) is 0 Å². The van der Waals surface area contributed by atoms with Crippen molar-refractivity contribution < 1.29 is 4.48 Å². The Hall–Kier alpha value is -0.200. The zero-order valence-corrected chi connectivity index (χ0v) is 11.0. The Bertz CT molecular complexity index is 140. The summed E-state index contributed by atoms with van der Waals surface area (Å²) < 4.78 is 1.21. The number of thiol groups is 1. The number of thiocyanates is 1. The Labute approximate surface area is 94.9 Å². The molecule has 0 radical (unpaired) electrons. The maximum Gasteiger partial charge on any atom is 0.130 e. The van der Waals surface area contributed by atoms with Crippen molar-refractivity contribution in [1.29, 1.82) is 5.26 Å². The largest absolute Gasteiger partial charge is 0.328 e. The first kappa shape index (κ1) is 16.2. The number of hydrogen-bond acceptors (Lipinski definition) is 2. The highest BCUT2D eigenvalue weighted by atomic mass is 32.1. The van der Waals surface area contributed by atoms with E-state index in [0.29, 0.717) is 0 Å². The highest BCUT2D eigenvalue weighted by Crippen LogP contribution is 2.03. The van der Waals surface area contributed by atoms with E-state index in [4.69, 9.17) is 5.26 Å². The monoisotopic (exact) mass is 217 g/mol. The van der Waals surface area contributed by atoms with E-state index in [2.05, 4.69) is 40.6 Å². The molecule has 0 spiro atoms. The quantitative estimate of drug-likeness (QED) is 0.413. The molecule has 84 valence electrons. The fourth-order valence-electron chi connectivity index (χ4n) is 1.28. The van der Waals surface area contributed by atoms with Gasteiger partial charge in [-0.3, -0.25) is 0 Å². The van der Waals surface area contributed by atoms with Crippen molar-refractivity contribution in [2.45, 2.75) is 39.5 Å². The molecule has 0 saturated heterocycles. The molecule has 0 bridgehead atoms. The Morgan fingerprint density at radius 1 is 1.07 bits per heavy atom. The zero-order valence-electron chi connectivity index (χ0n) is 10.1. The Kier molecular flexibility index (Phi) is 12.6. The highest BCUT2D eigenvalue weighted by molar-refractivity contribution is 7.85. The lowest BCUT2D eigenvalue weighted by Gasteiger charge is -2.29. The van der Waals surface area contributed by atoms with Gasteiger partial charge < -0.3 is 4.48 Å². The van der Waals surface area contributed by atoms with Crippen LogP contribution in [-0.2, 0) is 0 Å². The van der Waals surface area contributed by atoms with Crippen molar-refractivity contribution in [3.63, 3.8) is 0 Å². The van der Waals surface area contributed by atoms with Gasteiger partial charge in [-0.25, -0.2) is 0 Å². The molecule has 0 aromatic carbocycles. The maximum atomic E-state index is 7.18. The Morgan fingerprint density at radius 2 is 1.36 bits per heavy atom. The topological polar surface area (TPSA) is 23.8 Å². The lowest BCUT2D eigenvalue weighted by Crippen LogP contribution is -2.41. The van der Waals surface area contributed by atoms with Crippen LogP contribution in [0.15, 0.2) is 0 Å². The van der Waals surface area contributed by atoms with Gasteiger partial charge in [0.1, 0.15) is 5.40 Å². The molecule has 14 heavy (non-hydrogen) atoms. The van der Waals surface area contributed by atoms with Crippen molar-refractivity contribution in [3.8, 4) is 5.40 Å². The van der Waals surface area contributed by atoms with Crippen LogP contribution in [-0.4, -0.2) is 31.7 Å². The molecular weight excluding hydrogens is 192 g/mol. The van der Waals surface area contributed by atoms with E-state index in [1.54, 1.807) is 0 Å². The summed E-state index contributed by atoms with van der Waals surface area (Å²) >= 11 is 3.09. The minimum atomic E-state index is 1.21. The number of unbranched alkanes of at least 4 members (excludes halogenated alkanes) is 2. The summed E-state index contributed by atoms with van der Waals surface area (Å²) in [5.74, 6) is 0. The summed E-state index contributed by atoms with van der Waals surface area (Å²) in [5, 5.41) is 8.63. The second-order valence-corrected chi connectivity index (χ2v) is 4.39. The van der Waals surface area contributed by atoms with Crippen molar-refractivity contribution in [3.05, 3.63) is 0 Å². The molecule has 0 unspecified atom stereocenters. The van der Waals surface area contributed by atoms with Gasteiger partial charge in [0.05, 0.1) is 27.2 Å². The summed E-state index contributed by atoms with van der Waals surface area (Å²) in [5.41, 5.74) is 0. The van der Waals surface area contributed by atoms with Crippen LogP contribution in [0.5, 0.6) is 0 Å². The molecule has 0 aliphatic carbocycles. The second kappa shape index (κ2) is 10.9. The SMILES string of the molecule is CCCC[N+](C)(C)CCCC.N#CS. The third-order valence-corrected chi connectivity index (χ3v) is 2.23. The van der Waals surface area contributed by atoms with E-state index < -0.39 is 0 Å².